The van der Waals surface area contributed by atoms with Gasteiger partial charge in [-0.25, -0.2) is 4.79 Å². The van der Waals surface area contributed by atoms with Crippen LogP contribution < -0.4 is 10.6 Å². The molecule has 0 atom stereocenters. The monoisotopic (exact) mass is 270 g/mol. The minimum Gasteiger partial charge on any atom is -0.478 e. The Morgan fingerprint density at radius 2 is 2.00 bits per heavy atom. The number of nitrogens with two attached hydrogens (primary N) is 1. The Morgan fingerprint density at radius 3 is 2.75 bits per heavy atom. The van der Waals surface area contributed by atoms with Gasteiger partial charge >= 0.3 is 5.97 Å². The zero-order valence-electron chi connectivity index (χ0n) is 10.8. The number of fused-ring (bicyclic) bond motifs is 1. The number of carboxylic acid groups (broad SMARTS) is 1. The molecule has 6 nitrogen and oxygen atoms in total. The number of rotatable bonds is 2. The molecule has 0 unspecified atom stereocenters. The van der Waals surface area contributed by atoms with Crippen molar-refractivity contribution in [2.75, 3.05) is 17.2 Å². The summed E-state index contributed by atoms with van der Waals surface area (Å²) < 4.78 is 0. The number of aromatic nitrogens is 2. The van der Waals surface area contributed by atoms with E-state index in [1.807, 2.05) is 17.0 Å². The van der Waals surface area contributed by atoms with E-state index < -0.39 is 5.97 Å². The van der Waals surface area contributed by atoms with Crippen molar-refractivity contribution in [3.8, 4) is 0 Å². The molecule has 1 aromatic heterocycles. The molecule has 2 aromatic rings. The second kappa shape index (κ2) is 4.80. The van der Waals surface area contributed by atoms with E-state index in [0.29, 0.717) is 12.4 Å². The van der Waals surface area contributed by atoms with Crippen LogP contribution in [0.1, 0.15) is 21.5 Å². The van der Waals surface area contributed by atoms with Crippen molar-refractivity contribution in [3.05, 3.63) is 47.0 Å². The van der Waals surface area contributed by atoms with Crippen LogP contribution in [-0.4, -0.2) is 27.8 Å². The fraction of sp³-hybridized carbons (Fsp3) is 0.214. The van der Waals surface area contributed by atoms with Crippen LogP contribution in [-0.2, 0) is 13.0 Å². The van der Waals surface area contributed by atoms with Crippen LogP contribution in [0.15, 0.2) is 30.3 Å². The van der Waals surface area contributed by atoms with Gasteiger partial charge in [-0.15, -0.1) is 10.2 Å². The molecule has 102 valence electrons. The summed E-state index contributed by atoms with van der Waals surface area (Å²) in [5.41, 5.74) is 8.07. The Bertz CT molecular complexity index is 672. The highest BCUT2D eigenvalue weighted by atomic mass is 16.4. The van der Waals surface area contributed by atoms with Gasteiger partial charge < -0.3 is 15.7 Å². The number of carboxylic acids is 1. The van der Waals surface area contributed by atoms with Gasteiger partial charge in [0.2, 0.25) is 0 Å². The van der Waals surface area contributed by atoms with Crippen LogP contribution >= 0.6 is 0 Å². The lowest BCUT2D eigenvalue weighted by Gasteiger charge is -2.29. The average molecular weight is 270 g/mol. The van der Waals surface area contributed by atoms with Gasteiger partial charge in [-0.3, -0.25) is 0 Å². The molecule has 0 radical (unpaired) electrons. The summed E-state index contributed by atoms with van der Waals surface area (Å²) in [5, 5.41) is 16.8. The molecule has 0 saturated carbocycles. The molecular formula is C14H14N4O2. The third kappa shape index (κ3) is 2.16. The second-order valence-electron chi connectivity index (χ2n) is 4.75. The van der Waals surface area contributed by atoms with E-state index in [0.717, 1.165) is 13.0 Å². The zero-order chi connectivity index (χ0) is 14.1. The Balaban J connectivity index is 1.92. The summed E-state index contributed by atoms with van der Waals surface area (Å²) in [4.78, 5) is 13.1. The molecule has 20 heavy (non-hydrogen) atoms. The van der Waals surface area contributed by atoms with Crippen molar-refractivity contribution in [2.45, 2.75) is 13.0 Å². The Labute approximate surface area is 115 Å². The van der Waals surface area contributed by atoms with Gasteiger partial charge in [0, 0.05) is 19.2 Å². The van der Waals surface area contributed by atoms with Gasteiger partial charge in [-0.2, -0.15) is 0 Å². The first-order valence-electron chi connectivity index (χ1n) is 6.33. The number of carbonyl (C=O) groups is 1. The lowest BCUT2D eigenvalue weighted by Crippen LogP contribution is -2.31. The molecule has 0 fully saturated rings. The quantitative estimate of drug-likeness (QED) is 0.855. The first kappa shape index (κ1) is 12.4. The van der Waals surface area contributed by atoms with Crippen molar-refractivity contribution in [2.24, 2.45) is 0 Å². The van der Waals surface area contributed by atoms with Gasteiger partial charge in [0.25, 0.3) is 0 Å². The summed E-state index contributed by atoms with van der Waals surface area (Å²) in [6.07, 6.45) is 0.907. The molecule has 0 aliphatic carbocycles. The van der Waals surface area contributed by atoms with E-state index in [9.17, 15) is 4.79 Å². The van der Waals surface area contributed by atoms with Crippen LogP contribution in [0, 0.1) is 0 Å². The topological polar surface area (TPSA) is 92.3 Å². The number of benzene rings is 1. The lowest BCUT2D eigenvalue weighted by atomic mass is 10.00. The standard InChI is InChI=1S/C14H14N4O2/c15-13-11(14(19)20)7-12(16-17-13)18-6-5-9-3-1-2-4-10(9)8-18/h1-4,7H,5-6,8H2,(H2,15,17)(H,19,20). The number of hydrogen-bond donors (Lipinski definition) is 2. The molecule has 1 aromatic carbocycles. The maximum absolute atomic E-state index is 11.1. The molecule has 2 heterocycles. The third-order valence-corrected chi connectivity index (χ3v) is 3.49. The molecule has 0 amide bonds. The minimum absolute atomic E-state index is 0.00569. The predicted molar refractivity (Wildman–Crippen MR) is 74.6 cm³/mol. The van der Waals surface area contributed by atoms with E-state index >= 15 is 0 Å². The van der Waals surface area contributed by atoms with E-state index in [1.54, 1.807) is 0 Å². The summed E-state index contributed by atoms with van der Waals surface area (Å²) in [7, 11) is 0. The lowest BCUT2D eigenvalue weighted by molar-refractivity contribution is 0.0697. The van der Waals surface area contributed by atoms with Crippen molar-refractivity contribution in [1.29, 1.82) is 0 Å². The molecule has 0 spiro atoms. The van der Waals surface area contributed by atoms with Gasteiger partial charge in [-0.05, 0) is 17.5 Å². The van der Waals surface area contributed by atoms with Gasteiger partial charge in [0.1, 0.15) is 5.56 Å². The number of hydrogen-bond acceptors (Lipinski definition) is 5. The number of anilines is 2. The normalized spacial score (nSPS) is 13.9. The Hall–Kier alpha value is -2.63. The SMILES string of the molecule is Nc1nnc(N2CCc3ccccc3C2)cc1C(=O)O. The second-order valence-corrected chi connectivity index (χ2v) is 4.75. The fourth-order valence-electron chi connectivity index (χ4n) is 2.41. The first-order valence-corrected chi connectivity index (χ1v) is 6.33. The largest absolute Gasteiger partial charge is 0.478 e. The summed E-state index contributed by atoms with van der Waals surface area (Å²) in [6.45, 7) is 1.49. The molecule has 1 aliphatic heterocycles. The van der Waals surface area contributed by atoms with E-state index in [1.165, 1.54) is 17.2 Å². The maximum Gasteiger partial charge on any atom is 0.339 e. The van der Waals surface area contributed by atoms with Crippen molar-refractivity contribution in [3.63, 3.8) is 0 Å². The molecule has 0 saturated heterocycles. The zero-order valence-corrected chi connectivity index (χ0v) is 10.8. The summed E-state index contributed by atoms with van der Waals surface area (Å²) in [6, 6.07) is 9.70. The number of nitrogen functional groups attached to an aromatic ring is 1. The predicted octanol–water partition coefficient (Wildman–Crippen LogP) is 1.32. The highest BCUT2D eigenvalue weighted by molar-refractivity contribution is 5.93. The highest BCUT2D eigenvalue weighted by Crippen LogP contribution is 2.24. The van der Waals surface area contributed by atoms with Crippen molar-refractivity contribution >= 4 is 17.6 Å². The molecule has 6 heteroatoms. The smallest absolute Gasteiger partial charge is 0.339 e. The summed E-state index contributed by atoms with van der Waals surface area (Å²) >= 11 is 0. The van der Waals surface area contributed by atoms with Gasteiger partial charge in [0.15, 0.2) is 11.6 Å². The summed E-state index contributed by atoms with van der Waals surface area (Å²) in [5.74, 6) is -0.596. The fourth-order valence-corrected chi connectivity index (χ4v) is 2.41. The van der Waals surface area contributed by atoms with Crippen LogP contribution in [0.3, 0.4) is 0 Å². The van der Waals surface area contributed by atoms with Crippen LogP contribution in [0.25, 0.3) is 0 Å². The maximum atomic E-state index is 11.1. The molecule has 3 rings (SSSR count). The van der Waals surface area contributed by atoms with E-state index in [4.69, 9.17) is 10.8 Å². The Morgan fingerprint density at radius 1 is 1.25 bits per heavy atom. The average Bonchev–Trinajstić information content (AvgIpc) is 2.47. The van der Waals surface area contributed by atoms with Gasteiger partial charge in [0.05, 0.1) is 0 Å². The van der Waals surface area contributed by atoms with Crippen LogP contribution in [0.2, 0.25) is 0 Å². The van der Waals surface area contributed by atoms with Crippen LogP contribution in [0.5, 0.6) is 0 Å². The van der Waals surface area contributed by atoms with E-state index in [-0.39, 0.29) is 11.4 Å². The van der Waals surface area contributed by atoms with Crippen molar-refractivity contribution < 1.29 is 9.90 Å². The van der Waals surface area contributed by atoms with Crippen LogP contribution in [0.4, 0.5) is 11.6 Å². The minimum atomic E-state index is -1.09. The molecule has 0 bridgehead atoms. The Kier molecular flexibility index (Phi) is 2.98. The van der Waals surface area contributed by atoms with E-state index in [2.05, 4.69) is 22.3 Å². The number of nitrogens with zero attached hydrogens (tertiary/aromatic N) is 3. The van der Waals surface area contributed by atoms with Crippen molar-refractivity contribution in [1.82, 2.24) is 10.2 Å². The highest BCUT2D eigenvalue weighted by Gasteiger charge is 2.19. The third-order valence-electron chi connectivity index (χ3n) is 3.49. The first-order chi connectivity index (χ1) is 9.65. The molecular weight excluding hydrogens is 256 g/mol. The van der Waals surface area contributed by atoms with Gasteiger partial charge in [-0.1, -0.05) is 24.3 Å². The molecule has 3 N–H and O–H groups in total. The number of aromatic carboxylic acids is 1. The molecule has 1 aliphatic rings.